The van der Waals surface area contributed by atoms with Gasteiger partial charge in [0.15, 0.2) is 0 Å². The molecule has 1 aromatic heterocycles. The first-order valence-electron chi connectivity index (χ1n) is 10.3. The number of carbonyl (C=O) groups is 1. The van der Waals surface area contributed by atoms with Crippen LogP contribution in [0.5, 0.6) is 0 Å². The lowest BCUT2D eigenvalue weighted by molar-refractivity contribution is -0.158. The average Bonchev–Trinajstić information content (AvgIpc) is 3.09. The van der Waals surface area contributed by atoms with Crippen molar-refractivity contribution >= 4 is 5.91 Å². The lowest BCUT2D eigenvalue weighted by Gasteiger charge is -2.57. The van der Waals surface area contributed by atoms with E-state index in [1.807, 2.05) is 6.33 Å². The summed E-state index contributed by atoms with van der Waals surface area (Å²) in [6, 6.07) is 0. The maximum absolute atomic E-state index is 13.5. The van der Waals surface area contributed by atoms with Gasteiger partial charge in [-0.25, -0.2) is 0 Å². The molecule has 4 saturated carbocycles. The molecule has 1 aliphatic heterocycles. The van der Waals surface area contributed by atoms with Crippen molar-refractivity contribution in [2.75, 3.05) is 13.1 Å². The van der Waals surface area contributed by atoms with Crippen LogP contribution >= 0.6 is 0 Å². The normalized spacial score (nSPS) is 37.6. The van der Waals surface area contributed by atoms with E-state index in [-0.39, 0.29) is 5.41 Å². The van der Waals surface area contributed by atoms with Crippen molar-refractivity contribution in [1.29, 1.82) is 0 Å². The number of hydrogen-bond donors (Lipinski definition) is 0. The van der Waals surface area contributed by atoms with Gasteiger partial charge in [0.05, 0.1) is 5.41 Å². The number of aryl methyl sites for hydroxylation is 1. The molecule has 0 unspecified atom stereocenters. The lowest BCUT2D eigenvalue weighted by atomic mass is 9.49. The summed E-state index contributed by atoms with van der Waals surface area (Å²) >= 11 is 0. The highest BCUT2D eigenvalue weighted by Crippen LogP contribution is 2.60. The number of aromatic nitrogens is 3. The smallest absolute Gasteiger partial charge is 0.228 e. The standard InChI is InChI=1S/C20H30N4O/c1-2-23-13-21-22-18(23)17-3-5-24(6-4-17)19(25)20-10-14-7-15(11-20)9-16(8-14)12-20/h13-17H,2-12H2,1H3. The minimum absolute atomic E-state index is 0.0189. The van der Waals surface area contributed by atoms with E-state index in [0.29, 0.717) is 11.8 Å². The fourth-order valence-corrected chi connectivity index (χ4v) is 6.87. The molecule has 1 saturated heterocycles. The van der Waals surface area contributed by atoms with Crippen LogP contribution in [0.3, 0.4) is 0 Å². The zero-order valence-corrected chi connectivity index (χ0v) is 15.4. The Morgan fingerprint density at radius 2 is 1.72 bits per heavy atom. The molecule has 6 rings (SSSR count). The fraction of sp³-hybridized carbons (Fsp3) is 0.850. The highest BCUT2D eigenvalue weighted by molar-refractivity contribution is 5.83. The Morgan fingerprint density at radius 1 is 1.12 bits per heavy atom. The summed E-state index contributed by atoms with van der Waals surface area (Å²) in [5.74, 6) is 4.61. The Bertz CT molecular complexity index is 623. The van der Waals surface area contributed by atoms with Crippen LogP contribution in [-0.2, 0) is 11.3 Å². The van der Waals surface area contributed by atoms with Gasteiger partial charge in [-0.15, -0.1) is 10.2 Å². The van der Waals surface area contributed by atoms with Gasteiger partial charge in [0, 0.05) is 25.6 Å². The van der Waals surface area contributed by atoms with Gasteiger partial charge in [-0.3, -0.25) is 4.79 Å². The van der Waals surface area contributed by atoms with E-state index in [9.17, 15) is 4.79 Å². The summed E-state index contributed by atoms with van der Waals surface area (Å²) in [5.41, 5.74) is 0.0189. The molecule has 5 fully saturated rings. The Labute approximate surface area is 150 Å². The summed E-state index contributed by atoms with van der Waals surface area (Å²) in [7, 11) is 0. The number of hydrogen-bond acceptors (Lipinski definition) is 3. The molecule has 5 nitrogen and oxygen atoms in total. The first-order valence-corrected chi connectivity index (χ1v) is 10.3. The molecule has 0 N–H and O–H groups in total. The molecule has 4 bridgehead atoms. The van der Waals surface area contributed by atoms with Crippen molar-refractivity contribution in [2.45, 2.75) is 70.8 Å². The second kappa shape index (κ2) is 5.82. The maximum atomic E-state index is 13.5. The number of carbonyl (C=O) groups excluding carboxylic acids is 1. The first kappa shape index (κ1) is 15.8. The van der Waals surface area contributed by atoms with Gasteiger partial charge in [-0.1, -0.05) is 0 Å². The molecule has 0 atom stereocenters. The largest absolute Gasteiger partial charge is 0.342 e. The lowest BCUT2D eigenvalue weighted by Crippen LogP contribution is -2.55. The highest BCUT2D eigenvalue weighted by Gasteiger charge is 2.55. The molecular formula is C20H30N4O. The van der Waals surface area contributed by atoms with E-state index in [1.165, 1.54) is 38.5 Å². The highest BCUT2D eigenvalue weighted by atomic mass is 16.2. The Hall–Kier alpha value is -1.39. The van der Waals surface area contributed by atoms with Crippen molar-refractivity contribution in [3.8, 4) is 0 Å². The predicted molar refractivity (Wildman–Crippen MR) is 94.9 cm³/mol. The van der Waals surface area contributed by atoms with Gasteiger partial charge in [0.1, 0.15) is 12.2 Å². The van der Waals surface area contributed by atoms with Crippen molar-refractivity contribution in [2.24, 2.45) is 23.2 Å². The summed E-state index contributed by atoms with van der Waals surface area (Å²) in [6.07, 6.45) is 11.7. The monoisotopic (exact) mass is 342 g/mol. The number of rotatable bonds is 3. The van der Waals surface area contributed by atoms with Crippen LogP contribution in [0, 0.1) is 23.2 Å². The zero-order chi connectivity index (χ0) is 17.0. The second-order valence-corrected chi connectivity index (χ2v) is 9.24. The predicted octanol–water partition coefficient (Wildman–Crippen LogP) is 3.22. The van der Waals surface area contributed by atoms with Crippen molar-refractivity contribution in [1.82, 2.24) is 19.7 Å². The van der Waals surface area contributed by atoms with Crippen molar-refractivity contribution < 1.29 is 4.79 Å². The van der Waals surface area contributed by atoms with Crippen LogP contribution < -0.4 is 0 Å². The third-order valence-electron chi connectivity index (χ3n) is 7.63. The van der Waals surface area contributed by atoms with Gasteiger partial charge in [0.25, 0.3) is 0 Å². The fourth-order valence-electron chi connectivity index (χ4n) is 6.87. The molecule has 1 amide bonds. The minimum Gasteiger partial charge on any atom is -0.342 e. The summed E-state index contributed by atoms with van der Waals surface area (Å²) in [4.78, 5) is 15.7. The molecule has 5 aliphatic rings. The van der Waals surface area contributed by atoms with E-state index < -0.39 is 0 Å². The average molecular weight is 342 g/mol. The van der Waals surface area contributed by atoms with E-state index >= 15 is 0 Å². The van der Waals surface area contributed by atoms with E-state index in [1.54, 1.807) is 0 Å². The first-order chi connectivity index (χ1) is 12.2. The molecule has 0 aromatic carbocycles. The molecule has 2 heterocycles. The third-order valence-corrected chi connectivity index (χ3v) is 7.63. The molecule has 1 aromatic rings. The molecule has 5 heteroatoms. The van der Waals surface area contributed by atoms with Crippen LogP contribution in [0.4, 0.5) is 0 Å². The van der Waals surface area contributed by atoms with Crippen molar-refractivity contribution in [3.05, 3.63) is 12.2 Å². The number of amides is 1. The Kier molecular flexibility index (Phi) is 3.68. The Morgan fingerprint density at radius 3 is 2.28 bits per heavy atom. The quantitative estimate of drug-likeness (QED) is 0.847. The second-order valence-electron chi connectivity index (χ2n) is 9.24. The molecule has 0 radical (unpaired) electrons. The van der Waals surface area contributed by atoms with E-state index in [0.717, 1.165) is 56.1 Å². The van der Waals surface area contributed by atoms with E-state index in [4.69, 9.17) is 0 Å². The van der Waals surface area contributed by atoms with Crippen LogP contribution in [0.25, 0.3) is 0 Å². The summed E-state index contributed by atoms with van der Waals surface area (Å²) in [6.45, 7) is 4.87. The molecule has 25 heavy (non-hydrogen) atoms. The number of piperidine rings is 1. The maximum Gasteiger partial charge on any atom is 0.228 e. The molecular weight excluding hydrogens is 312 g/mol. The van der Waals surface area contributed by atoms with Crippen LogP contribution in [0.15, 0.2) is 6.33 Å². The summed E-state index contributed by atoms with van der Waals surface area (Å²) < 4.78 is 2.15. The van der Waals surface area contributed by atoms with Crippen LogP contribution in [0.1, 0.15) is 70.0 Å². The van der Waals surface area contributed by atoms with Gasteiger partial charge in [0.2, 0.25) is 5.91 Å². The summed E-state index contributed by atoms with van der Waals surface area (Å²) in [5, 5.41) is 8.43. The molecule has 0 spiro atoms. The molecule has 136 valence electrons. The van der Waals surface area contributed by atoms with Crippen LogP contribution in [-0.4, -0.2) is 38.7 Å². The molecule has 4 aliphatic carbocycles. The van der Waals surface area contributed by atoms with Gasteiger partial charge in [-0.2, -0.15) is 0 Å². The Balaban J connectivity index is 1.27. The van der Waals surface area contributed by atoms with Crippen LogP contribution in [0.2, 0.25) is 0 Å². The van der Waals surface area contributed by atoms with E-state index in [2.05, 4.69) is 26.6 Å². The zero-order valence-electron chi connectivity index (χ0n) is 15.4. The SMILES string of the molecule is CCn1cnnc1C1CCN(C(=O)C23CC4CC(CC(C4)C2)C3)CC1. The minimum atomic E-state index is 0.0189. The topological polar surface area (TPSA) is 51.0 Å². The third kappa shape index (κ3) is 2.53. The number of nitrogens with zero attached hydrogens (tertiary/aromatic N) is 4. The number of likely N-dealkylation sites (tertiary alicyclic amines) is 1. The van der Waals surface area contributed by atoms with Gasteiger partial charge >= 0.3 is 0 Å². The van der Waals surface area contributed by atoms with Gasteiger partial charge in [-0.05, 0) is 76.0 Å². The van der Waals surface area contributed by atoms with Crippen molar-refractivity contribution in [3.63, 3.8) is 0 Å². The van der Waals surface area contributed by atoms with Gasteiger partial charge < -0.3 is 9.47 Å².